The number of nitrogens with one attached hydrogen (secondary N) is 1. The minimum absolute atomic E-state index is 0.131. The van der Waals surface area contributed by atoms with E-state index in [-0.39, 0.29) is 21.3 Å². The number of nitrogens with zero attached hydrogens (tertiary/aromatic N) is 2. The summed E-state index contributed by atoms with van der Waals surface area (Å²) in [5, 5.41) is 8.86. The molecule has 5 nitrogen and oxygen atoms in total. The molecule has 0 saturated carbocycles. The van der Waals surface area contributed by atoms with Gasteiger partial charge in [0.25, 0.3) is 10.0 Å². The molecule has 0 amide bonds. The second-order valence-electron chi connectivity index (χ2n) is 3.70. The summed E-state index contributed by atoms with van der Waals surface area (Å²) in [6.07, 6.45) is 1.39. The third kappa shape index (κ3) is 3.10. The highest BCUT2D eigenvalue weighted by atomic mass is 79.9. The highest BCUT2D eigenvalue weighted by molar-refractivity contribution is 9.10. The van der Waals surface area contributed by atoms with Gasteiger partial charge >= 0.3 is 0 Å². The summed E-state index contributed by atoms with van der Waals surface area (Å²) in [6.45, 7) is 0. The smallest absolute Gasteiger partial charge is 0.265 e. The summed E-state index contributed by atoms with van der Waals surface area (Å²) in [5.41, 5.74) is 0.374. The first kappa shape index (κ1) is 14.8. The van der Waals surface area contributed by atoms with Crippen LogP contribution in [0.3, 0.4) is 0 Å². The molecule has 0 aliphatic carbocycles. The zero-order valence-electron chi connectivity index (χ0n) is 9.84. The standard InChI is InChI=1S/C12H7BrClN3O2S/c13-9-4-3-8(7-15)10(6-9)17-20(18,19)11-2-1-5-16-12(11)14/h1-6,17H. The molecule has 102 valence electrons. The van der Waals surface area contributed by atoms with Gasteiger partial charge in [-0.15, -0.1) is 0 Å². The Bertz CT molecular complexity index is 803. The summed E-state index contributed by atoms with van der Waals surface area (Å²) < 4.78 is 27.5. The first-order valence-corrected chi connectivity index (χ1v) is 7.92. The van der Waals surface area contributed by atoms with Crippen LogP contribution in [0.4, 0.5) is 5.69 Å². The Morgan fingerprint density at radius 1 is 1.35 bits per heavy atom. The van der Waals surface area contributed by atoms with Crippen molar-refractivity contribution >= 4 is 43.2 Å². The Morgan fingerprint density at radius 2 is 2.10 bits per heavy atom. The summed E-state index contributed by atoms with van der Waals surface area (Å²) in [6, 6.07) is 9.37. The Hall–Kier alpha value is -1.62. The predicted octanol–water partition coefficient (Wildman–Crippen LogP) is 3.17. The molecule has 1 aromatic carbocycles. The van der Waals surface area contributed by atoms with Gasteiger partial charge in [0.05, 0.1) is 11.3 Å². The largest absolute Gasteiger partial charge is 0.278 e. The van der Waals surface area contributed by atoms with Crippen LogP contribution in [0.5, 0.6) is 0 Å². The molecular formula is C12H7BrClN3O2S. The van der Waals surface area contributed by atoms with E-state index in [1.807, 2.05) is 6.07 Å². The summed E-state index contributed by atoms with van der Waals surface area (Å²) in [4.78, 5) is 3.57. The van der Waals surface area contributed by atoms with Gasteiger partial charge in [-0.1, -0.05) is 27.5 Å². The van der Waals surface area contributed by atoms with Crippen LogP contribution in [0.15, 0.2) is 45.9 Å². The van der Waals surface area contributed by atoms with Crippen molar-refractivity contribution in [3.63, 3.8) is 0 Å². The van der Waals surface area contributed by atoms with E-state index in [0.717, 1.165) is 0 Å². The van der Waals surface area contributed by atoms with Gasteiger partial charge in [-0.3, -0.25) is 4.72 Å². The molecule has 0 saturated heterocycles. The SMILES string of the molecule is N#Cc1ccc(Br)cc1NS(=O)(=O)c1cccnc1Cl. The number of rotatable bonds is 3. The highest BCUT2D eigenvalue weighted by Crippen LogP contribution is 2.25. The van der Waals surface area contributed by atoms with Gasteiger partial charge in [0.1, 0.15) is 16.1 Å². The lowest BCUT2D eigenvalue weighted by atomic mass is 10.2. The van der Waals surface area contributed by atoms with Crippen molar-refractivity contribution in [1.82, 2.24) is 4.98 Å². The lowest BCUT2D eigenvalue weighted by Crippen LogP contribution is -2.14. The first-order valence-electron chi connectivity index (χ1n) is 5.27. The fourth-order valence-corrected chi connectivity index (χ4v) is 3.36. The number of benzene rings is 1. The van der Waals surface area contributed by atoms with E-state index in [0.29, 0.717) is 4.47 Å². The van der Waals surface area contributed by atoms with E-state index in [1.165, 1.54) is 30.5 Å². The molecule has 0 aliphatic rings. The van der Waals surface area contributed by atoms with Gasteiger partial charge in [0, 0.05) is 10.7 Å². The van der Waals surface area contributed by atoms with Gasteiger partial charge in [0.2, 0.25) is 0 Å². The molecule has 20 heavy (non-hydrogen) atoms. The minimum atomic E-state index is -3.91. The van der Waals surface area contributed by atoms with Crippen molar-refractivity contribution in [3.8, 4) is 6.07 Å². The normalized spacial score (nSPS) is 10.8. The zero-order chi connectivity index (χ0) is 14.8. The Labute approximate surface area is 129 Å². The zero-order valence-corrected chi connectivity index (χ0v) is 13.0. The molecule has 0 spiro atoms. The number of nitriles is 1. The van der Waals surface area contributed by atoms with E-state index in [4.69, 9.17) is 16.9 Å². The maximum Gasteiger partial charge on any atom is 0.265 e. The van der Waals surface area contributed by atoms with Crippen LogP contribution >= 0.6 is 27.5 Å². The van der Waals surface area contributed by atoms with E-state index < -0.39 is 10.0 Å². The molecule has 8 heteroatoms. The molecule has 0 atom stereocenters. The molecular weight excluding hydrogens is 366 g/mol. The second kappa shape index (κ2) is 5.79. The van der Waals surface area contributed by atoms with Gasteiger partial charge < -0.3 is 0 Å². The third-order valence-corrected chi connectivity index (χ3v) is 4.66. The van der Waals surface area contributed by atoms with Crippen LogP contribution in [0.25, 0.3) is 0 Å². The molecule has 2 rings (SSSR count). The Balaban J connectivity index is 2.47. The van der Waals surface area contributed by atoms with Crippen molar-refractivity contribution in [2.45, 2.75) is 4.90 Å². The van der Waals surface area contributed by atoms with E-state index in [2.05, 4.69) is 25.6 Å². The fourth-order valence-electron chi connectivity index (χ4n) is 1.47. The number of hydrogen-bond donors (Lipinski definition) is 1. The Morgan fingerprint density at radius 3 is 2.75 bits per heavy atom. The van der Waals surface area contributed by atoms with E-state index >= 15 is 0 Å². The molecule has 0 bridgehead atoms. The van der Waals surface area contributed by atoms with Gasteiger partial charge in [-0.2, -0.15) is 5.26 Å². The minimum Gasteiger partial charge on any atom is -0.278 e. The first-order chi connectivity index (χ1) is 9.44. The van der Waals surface area contributed by atoms with Crippen LogP contribution in [-0.2, 0) is 10.0 Å². The predicted molar refractivity (Wildman–Crippen MR) is 78.9 cm³/mol. The van der Waals surface area contributed by atoms with Crippen LogP contribution in [0.2, 0.25) is 5.15 Å². The Kier molecular flexibility index (Phi) is 4.28. The molecule has 0 aliphatic heterocycles. The maximum absolute atomic E-state index is 12.2. The molecule has 0 radical (unpaired) electrons. The number of anilines is 1. The summed E-state index contributed by atoms with van der Waals surface area (Å²) in [7, 11) is -3.91. The van der Waals surface area contributed by atoms with Crippen molar-refractivity contribution in [1.29, 1.82) is 5.26 Å². The van der Waals surface area contributed by atoms with Gasteiger partial charge in [-0.25, -0.2) is 13.4 Å². The van der Waals surface area contributed by atoms with Crippen LogP contribution in [-0.4, -0.2) is 13.4 Å². The monoisotopic (exact) mass is 371 g/mol. The lowest BCUT2D eigenvalue weighted by Gasteiger charge is -2.10. The molecule has 0 fully saturated rings. The molecule has 0 unspecified atom stereocenters. The van der Waals surface area contributed by atoms with Gasteiger partial charge in [0.15, 0.2) is 0 Å². The number of pyridine rings is 1. The molecule has 1 aromatic heterocycles. The van der Waals surface area contributed by atoms with Crippen molar-refractivity contribution in [2.75, 3.05) is 4.72 Å². The average molecular weight is 373 g/mol. The number of sulfonamides is 1. The molecule has 2 aromatic rings. The molecule has 1 N–H and O–H groups in total. The quantitative estimate of drug-likeness (QED) is 0.839. The lowest BCUT2D eigenvalue weighted by molar-refractivity contribution is 0.601. The second-order valence-corrected chi connectivity index (χ2v) is 6.62. The number of aromatic nitrogens is 1. The molecule has 1 heterocycles. The number of hydrogen-bond acceptors (Lipinski definition) is 4. The van der Waals surface area contributed by atoms with Crippen molar-refractivity contribution in [2.24, 2.45) is 0 Å². The highest BCUT2D eigenvalue weighted by Gasteiger charge is 2.20. The fraction of sp³-hybridized carbons (Fsp3) is 0. The summed E-state index contributed by atoms with van der Waals surface area (Å²) in [5.74, 6) is 0. The topological polar surface area (TPSA) is 82.9 Å². The number of halogens is 2. The third-order valence-electron chi connectivity index (χ3n) is 2.36. The van der Waals surface area contributed by atoms with Crippen molar-refractivity contribution in [3.05, 3.63) is 51.7 Å². The van der Waals surface area contributed by atoms with E-state index in [1.54, 1.807) is 6.07 Å². The average Bonchev–Trinajstić information content (AvgIpc) is 2.39. The van der Waals surface area contributed by atoms with Crippen LogP contribution < -0.4 is 4.72 Å². The van der Waals surface area contributed by atoms with Crippen molar-refractivity contribution < 1.29 is 8.42 Å². The van der Waals surface area contributed by atoms with Crippen LogP contribution in [0, 0.1) is 11.3 Å². The van der Waals surface area contributed by atoms with Gasteiger partial charge in [-0.05, 0) is 30.3 Å². The maximum atomic E-state index is 12.2. The van der Waals surface area contributed by atoms with Crippen LogP contribution in [0.1, 0.15) is 5.56 Å². The summed E-state index contributed by atoms with van der Waals surface area (Å²) >= 11 is 9.00. The van der Waals surface area contributed by atoms with E-state index in [9.17, 15) is 8.42 Å².